The van der Waals surface area contributed by atoms with E-state index in [1.807, 2.05) is 6.07 Å². The van der Waals surface area contributed by atoms with E-state index < -0.39 is 31.1 Å². The number of hydrogen-bond donors (Lipinski definition) is 2. The maximum absolute atomic E-state index is 13.1. The Hall–Kier alpha value is -3.29. The SMILES string of the molecule is N#CCC(=O)N[C@H](CF)[C@H](O)c1ccc(-c2ccc(C#N)nc2)cc1. The zero-order chi connectivity index (χ0) is 18.2. The molecule has 0 aliphatic rings. The summed E-state index contributed by atoms with van der Waals surface area (Å²) in [4.78, 5) is 15.4. The minimum atomic E-state index is -1.24. The van der Waals surface area contributed by atoms with E-state index in [4.69, 9.17) is 10.5 Å². The number of pyridine rings is 1. The summed E-state index contributed by atoms with van der Waals surface area (Å²) in [6.07, 6.45) is -0.0644. The smallest absolute Gasteiger partial charge is 0.234 e. The highest BCUT2D eigenvalue weighted by Crippen LogP contribution is 2.23. The Morgan fingerprint density at radius 2 is 1.88 bits per heavy atom. The zero-order valence-corrected chi connectivity index (χ0v) is 13.2. The fourth-order valence-corrected chi connectivity index (χ4v) is 2.27. The van der Waals surface area contributed by atoms with Gasteiger partial charge in [-0.05, 0) is 23.3 Å². The number of carbonyl (C=O) groups is 1. The highest BCUT2D eigenvalue weighted by molar-refractivity contribution is 5.78. The minimum absolute atomic E-state index is 0.315. The van der Waals surface area contributed by atoms with Crippen LogP contribution in [-0.2, 0) is 4.79 Å². The molecule has 126 valence electrons. The summed E-state index contributed by atoms with van der Waals surface area (Å²) in [5, 5.41) is 29.7. The molecule has 0 saturated carbocycles. The topological polar surface area (TPSA) is 110 Å². The molecule has 2 aromatic rings. The van der Waals surface area contributed by atoms with Gasteiger partial charge in [-0.1, -0.05) is 24.3 Å². The second-order valence-electron chi connectivity index (χ2n) is 5.27. The summed E-state index contributed by atoms with van der Waals surface area (Å²) < 4.78 is 13.1. The van der Waals surface area contributed by atoms with Gasteiger partial charge in [-0.3, -0.25) is 4.79 Å². The number of hydrogen-bond acceptors (Lipinski definition) is 5. The Labute approximate surface area is 144 Å². The number of rotatable bonds is 6. The molecule has 6 nitrogen and oxygen atoms in total. The van der Waals surface area contributed by atoms with Gasteiger partial charge in [0.1, 0.15) is 31.0 Å². The highest BCUT2D eigenvalue weighted by atomic mass is 19.1. The molecular weight excluding hydrogens is 323 g/mol. The van der Waals surface area contributed by atoms with E-state index >= 15 is 0 Å². The van der Waals surface area contributed by atoms with Gasteiger partial charge in [0.25, 0.3) is 0 Å². The van der Waals surface area contributed by atoms with Crippen LogP contribution in [-0.4, -0.2) is 28.7 Å². The van der Waals surface area contributed by atoms with Gasteiger partial charge in [0.2, 0.25) is 5.91 Å². The number of nitrogens with zero attached hydrogens (tertiary/aromatic N) is 3. The summed E-state index contributed by atoms with van der Waals surface area (Å²) in [6, 6.07) is 12.5. The van der Waals surface area contributed by atoms with Gasteiger partial charge in [-0.2, -0.15) is 10.5 Å². The molecule has 1 aromatic carbocycles. The van der Waals surface area contributed by atoms with Gasteiger partial charge in [0, 0.05) is 11.8 Å². The molecule has 1 aromatic heterocycles. The first-order chi connectivity index (χ1) is 12.1. The number of amides is 1. The Balaban J connectivity index is 2.13. The van der Waals surface area contributed by atoms with Crippen molar-refractivity contribution in [3.63, 3.8) is 0 Å². The maximum Gasteiger partial charge on any atom is 0.234 e. The van der Waals surface area contributed by atoms with Crippen molar-refractivity contribution < 1.29 is 14.3 Å². The summed E-state index contributed by atoms with van der Waals surface area (Å²) in [5.41, 5.74) is 2.36. The minimum Gasteiger partial charge on any atom is -0.386 e. The molecule has 2 N–H and O–H groups in total. The molecule has 0 spiro atoms. The molecule has 7 heteroatoms. The van der Waals surface area contributed by atoms with E-state index in [2.05, 4.69) is 10.3 Å². The zero-order valence-electron chi connectivity index (χ0n) is 13.2. The van der Waals surface area contributed by atoms with Crippen molar-refractivity contribution in [3.8, 4) is 23.3 Å². The van der Waals surface area contributed by atoms with Crippen molar-refractivity contribution in [2.75, 3.05) is 6.67 Å². The first-order valence-electron chi connectivity index (χ1n) is 7.46. The molecule has 0 bridgehead atoms. The molecular formula is C18H15FN4O2. The molecule has 0 radical (unpaired) electrons. The van der Waals surface area contributed by atoms with Crippen LogP contribution in [0.25, 0.3) is 11.1 Å². The standard InChI is InChI=1S/C18H15FN4O2/c19-9-16(23-17(24)7-8-20)18(25)13-3-1-12(2-4-13)14-5-6-15(10-21)22-11-14/h1-6,11,16,18,25H,7,9H2,(H,23,24)/t16-,18-/m1/s1. The summed E-state index contributed by atoms with van der Waals surface area (Å²) >= 11 is 0. The van der Waals surface area contributed by atoms with Crippen molar-refractivity contribution in [1.82, 2.24) is 10.3 Å². The normalized spacial score (nSPS) is 12.5. The average molecular weight is 338 g/mol. The van der Waals surface area contributed by atoms with Gasteiger partial charge in [-0.25, -0.2) is 9.37 Å². The lowest BCUT2D eigenvalue weighted by Gasteiger charge is -2.21. The number of alkyl halides is 1. The van der Waals surface area contributed by atoms with Crippen molar-refractivity contribution >= 4 is 5.91 Å². The number of aliphatic hydroxyl groups is 1. The number of benzene rings is 1. The van der Waals surface area contributed by atoms with Crippen LogP contribution >= 0.6 is 0 Å². The lowest BCUT2D eigenvalue weighted by molar-refractivity contribution is -0.121. The van der Waals surface area contributed by atoms with E-state index in [1.165, 1.54) is 0 Å². The molecule has 0 aliphatic carbocycles. The summed E-state index contributed by atoms with van der Waals surface area (Å²) in [6.45, 7) is -0.959. The Morgan fingerprint density at radius 3 is 2.40 bits per heavy atom. The predicted octanol–water partition coefficient (Wildman–Crippen LogP) is 2.02. The van der Waals surface area contributed by atoms with Gasteiger partial charge >= 0.3 is 0 Å². The lowest BCUT2D eigenvalue weighted by atomic mass is 9.99. The Kier molecular flexibility index (Phi) is 6.16. The quantitative estimate of drug-likeness (QED) is 0.837. The van der Waals surface area contributed by atoms with Crippen LogP contribution in [0, 0.1) is 22.7 Å². The third kappa shape index (κ3) is 4.60. The van der Waals surface area contributed by atoms with Crippen molar-refractivity contribution in [2.45, 2.75) is 18.6 Å². The Bertz CT molecular complexity index is 807. The number of nitrogens with one attached hydrogen (secondary N) is 1. The molecule has 0 fully saturated rings. The van der Waals surface area contributed by atoms with Gasteiger partial charge < -0.3 is 10.4 Å². The van der Waals surface area contributed by atoms with Crippen LogP contribution in [0.15, 0.2) is 42.6 Å². The van der Waals surface area contributed by atoms with E-state index in [0.29, 0.717) is 11.3 Å². The van der Waals surface area contributed by atoms with Crippen molar-refractivity contribution in [2.24, 2.45) is 0 Å². The number of halogens is 1. The fraction of sp³-hybridized carbons (Fsp3) is 0.222. The monoisotopic (exact) mass is 338 g/mol. The first-order valence-corrected chi connectivity index (χ1v) is 7.46. The van der Waals surface area contributed by atoms with E-state index in [9.17, 15) is 14.3 Å². The molecule has 1 heterocycles. The number of nitriles is 2. The van der Waals surface area contributed by atoms with E-state index in [-0.39, 0.29) is 0 Å². The average Bonchev–Trinajstić information content (AvgIpc) is 2.66. The second-order valence-corrected chi connectivity index (χ2v) is 5.27. The molecule has 0 saturated heterocycles. The first kappa shape index (κ1) is 18.1. The third-order valence-corrected chi connectivity index (χ3v) is 3.60. The van der Waals surface area contributed by atoms with Gasteiger partial charge in [0.05, 0.1) is 12.1 Å². The van der Waals surface area contributed by atoms with Crippen LogP contribution in [0.4, 0.5) is 4.39 Å². The Morgan fingerprint density at radius 1 is 1.20 bits per heavy atom. The molecule has 0 unspecified atom stereocenters. The van der Waals surface area contributed by atoms with Crippen LogP contribution in [0.3, 0.4) is 0 Å². The molecule has 2 atom stereocenters. The molecule has 25 heavy (non-hydrogen) atoms. The number of carbonyl (C=O) groups excluding carboxylic acids is 1. The summed E-state index contributed by atoms with van der Waals surface area (Å²) in [7, 11) is 0. The molecule has 0 aliphatic heterocycles. The number of aliphatic hydroxyl groups excluding tert-OH is 1. The van der Waals surface area contributed by atoms with Gasteiger partial charge in [-0.15, -0.1) is 0 Å². The van der Waals surface area contributed by atoms with Crippen LogP contribution in [0.5, 0.6) is 0 Å². The third-order valence-electron chi connectivity index (χ3n) is 3.60. The van der Waals surface area contributed by atoms with Crippen LogP contribution < -0.4 is 5.32 Å². The lowest BCUT2D eigenvalue weighted by Crippen LogP contribution is -2.40. The number of aromatic nitrogens is 1. The van der Waals surface area contributed by atoms with Crippen LogP contribution in [0.1, 0.15) is 23.8 Å². The van der Waals surface area contributed by atoms with E-state index in [1.54, 1.807) is 48.7 Å². The summed E-state index contributed by atoms with van der Waals surface area (Å²) in [5.74, 6) is -0.635. The van der Waals surface area contributed by atoms with E-state index in [0.717, 1.165) is 11.1 Å². The largest absolute Gasteiger partial charge is 0.386 e. The predicted molar refractivity (Wildman–Crippen MR) is 87.5 cm³/mol. The molecule has 1 amide bonds. The van der Waals surface area contributed by atoms with Gasteiger partial charge in [0.15, 0.2) is 0 Å². The second kappa shape index (κ2) is 8.53. The van der Waals surface area contributed by atoms with Crippen LogP contribution in [0.2, 0.25) is 0 Å². The highest BCUT2D eigenvalue weighted by Gasteiger charge is 2.22. The maximum atomic E-state index is 13.1. The molecule has 2 rings (SSSR count). The fourth-order valence-electron chi connectivity index (χ4n) is 2.27. The van der Waals surface area contributed by atoms with Crippen molar-refractivity contribution in [1.29, 1.82) is 10.5 Å². The van der Waals surface area contributed by atoms with Crippen molar-refractivity contribution in [3.05, 3.63) is 53.9 Å².